The van der Waals surface area contributed by atoms with Crippen molar-refractivity contribution in [2.75, 3.05) is 19.7 Å². The molecule has 1 unspecified atom stereocenters. The summed E-state index contributed by atoms with van der Waals surface area (Å²) in [4.78, 5) is 10.3. The second-order valence-electron chi connectivity index (χ2n) is 4.62. The molecule has 1 aromatic rings. The van der Waals surface area contributed by atoms with Crippen molar-refractivity contribution in [2.45, 2.75) is 17.9 Å². The largest absolute Gasteiger partial charge is 0.478 e. The Balaban J connectivity index is 2.52. The summed E-state index contributed by atoms with van der Waals surface area (Å²) in [6.45, 7) is 2.11. The third-order valence-corrected chi connectivity index (χ3v) is 5.38. The molecule has 0 amide bonds. The number of hydrogen-bond acceptors (Lipinski definition) is 4. The summed E-state index contributed by atoms with van der Waals surface area (Å²) in [5.74, 6) is -2.79. The lowest BCUT2D eigenvalue weighted by atomic mass is 10.2. The number of carbonyl (C=O) groups is 1. The van der Waals surface area contributed by atoms with E-state index in [9.17, 15) is 17.6 Å². The Bertz CT molecular complexity index is 678. The zero-order valence-corrected chi connectivity index (χ0v) is 13.4. The highest BCUT2D eigenvalue weighted by Gasteiger charge is 2.33. The fourth-order valence-corrected chi connectivity index (χ4v) is 4.27. The van der Waals surface area contributed by atoms with Crippen LogP contribution in [0.25, 0.3) is 0 Å². The van der Waals surface area contributed by atoms with E-state index >= 15 is 0 Å². The molecule has 1 saturated heterocycles. The molecule has 1 atom stereocenters. The molecule has 1 fully saturated rings. The molecule has 0 bridgehead atoms. The summed E-state index contributed by atoms with van der Waals surface area (Å²) in [5, 5.41) is 8.94. The molecule has 1 aliphatic heterocycles. The van der Waals surface area contributed by atoms with Gasteiger partial charge in [-0.2, -0.15) is 4.31 Å². The monoisotopic (exact) mass is 381 g/mol. The maximum Gasteiger partial charge on any atom is 0.338 e. The van der Waals surface area contributed by atoms with Crippen LogP contribution < -0.4 is 0 Å². The number of ether oxygens (including phenoxy) is 1. The van der Waals surface area contributed by atoms with Gasteiger partial charge < -0.3 is 9.84 Å². The number of hydrogen-bond donors (Lipinski definition) is 1. The van der Waals surface area contributed by atoms with E-state index in [4.69, 9.17) is 9.84 Å². The van der Waals surface area contributed by atoms with E-state index in [2.05, 4.69) is 15.9 Å². The van der Waals surface area contributed by atoms with Crippen LogP contribution in [0, 0.1) is 5.82 Å². The first kappa shape index (κ1) is 16.3. The molecule has 9 heteroatoms. The molecule has 0 aliphatic carbocycles. The lowest BCUT2D eigenvalue weighted by Crippen LogP contribution is -2.44. The van der Waals surface area contributed by atoms with Gasteiger partial charge in [0.05, 0.1) is 18.3 Å². The lowest BCUT2D eigenvalue weighted by Gasteiger charge is -2.30. The van der Waals surface area contributed by atoms with Gasteiger partial charge in [0.2, 0.25) is 10.0 Å². The summed E-state index contributed by atoms with van der Waals surface area (Å²) < 4.78 is 45.7. The van der Waals surface area contributed by atoms with Crippen molar-refractivity contribution in [3.05, 3.63) is 28.0 Å². The highest BCUT2D eigenvalue weighted by molar-refractivity contribution is 9.10. The molecular formula is C12H13BrFNO5S. The van der Waals surface area contributed by atoms with Crippen molar-refractivity contribution in [1.29, 1.82) is 0 Å². The van der Waals surface area contributed by atoms with Crippen LogP contribution in [0.15, 0.2) is 21.5 Å². The Morgan fingerprint density at radius 1 is 1.52 bits per heavy atom. The minimum Gasteiger partial charge on any atom is -0.478 e. The normalized spacial score (nSPS) is 20.4. The van der Waals surface area contributed by atoms with E-state index in [1.807, 2.05) is 0 Å². The highest BCUT2D eigenvalue weighted by Crippen LogP contribution is 2.27. The molecule has 1 heterocycles. The minimum atomic E-state index is -4.12. The van der Waals surface area contributed by atoms with Crippen molar-refractivity contribution in [2.24, 2.45) is 0 Å². The molecule has 0 saturated carbocycles. The zero-order valence-electron chi connectivity index (χ0n) is 11.0. The van der Waals surface area contributed by atoms with Crippen molar-refractivity contribution in [3.8, 4) is 0 Å². The van der Waals surface area contributed by atoms with Crippen LogP contribution in [0.1, 0.15) is 17.3 Å². The Labute approximate surface area is 129 Å². The number of carboxylic acids is 1. The van der Waals surface area contributed by atoms with Gasteiger partial charge in [-0.1, -0.05) is 15.9 Å². The van der Waals surface area contributed by atoms with Gasteiger partial charge in [0.25, 0.3) is 0 Å². The fraction of sp³-hybridized carbons (Fsp3) is 0.417. The smallest absolute Gasteiger partial charge is 0.338 e. The minimum absolute atomic E-state index is 0.0939. The number of nitrogens with zero attached hydrogens (tertiary/aromatic N) is 1. The van der Waals surface area contributed by atoms with Crippen LogP contribution in [-0.4, -0.2) is 49.6 Å². The van der Waals surface area contributed by atoms with Crippen LogP contribution in [0.4, 0.5) is 4.39 Å². The molecule has 1 aliphatic rings. The van der Waals surface area contributed by atoms with Crippen molar-refractivity contribution in [3.63, 3.8) is 0 Å². The third kappa shape index (κ3) is 3.25. The van der Waals surface area contributed by atoms with Gasteiger partial charge in [-0.15, -0.1) is 0 Å². The van der Waals surface area contributed by atoms with Gasteiger partial charge in [-0.05, 0) is 19.1 Å². The lowest BCUT2D eigenvalue weighted by molar-refractivity contribution is 0.0101. The fourth-order valence-electron chi connectivity index (χ4n) is 2.05. The number of benzene rings is 1. The Hall–Kier alpha value is -1.03. The Morgan fingerprint density at radius 3 is 2.76 bits per heavy atom. The van der Waals surface area contributed by atoms with Gasteiger partial charge in [0, 0.05) is 17.6 Å². The van der Waals surface area contributed by atoms with Crippen LogP contribution in [0.5, 0.6) is 0 Å². The number of morpholine rings is 1. The molecular weight excluding hydrogens is 369 g/mol. The first-order valence-corrected chi connectivity index (χ1v) is 8.31. The van der Waals surface area contributed by atoms with E-state index in [0.717, 1.165) is 16.4 Å². The average Bonchev–Trinajstić information content (AvgIpc) is 2.40. The molecule has 0 spiro atoms. The zero-order chi connectivity index (χ0) is 15.8. The number of carboxylic acid groups (broad SMARTS) is 1. The second kappa shape index (κ2) is 5.99. The molecule has 0 aromatic heterocycles. The number of rotatable bonds is 3. The SMILES string of the molecule is CC1CN(S(=O)(=O)c2cc(Br)cc(C(=O)O)c2F)CCO1. The molecule has 1 N–H and O–H groups in total. The molecule has 1 aromatic carbocycles. The highest BCUT2D eigenvalue weighted by atomic mass is 79.9. The number of halogens is 2. The quantitative estimate of drug-likeness (QED) is 0.861. The van der Waals surface area contributed by atoms with Crippen LogP contribution in [0.2, 0.25) is 0 Å². The molecule has 0 radical (unpaired) electrons. The van der Waals surface area contributed by atoms with Gasteiger partial charge in [0.15, 0.2) is 5.82 Å². The van der Waals surface area contributed by atoms with Crippen molar-refractivity contribution < 1.29 is 27.4 Å². The van der Waals surface area contributed by atoms with E-state index < -0.39 is 32.3 Å². The van der Waals surface area contributed by atoms with Crippen LogP contribution >= 0.6 is 15.9 Å². The summed E-state index contributed by atoms with van der Waals surface area (Å²) in [7, 11) is -4.12. The maximum absolute atomic E-state index is 14.2. The van der Waals surface area contributed by atoms with Gasteiger partial charge >= 0.3 is 5.97 Å². The summed E-state index contributed by atoms with van der Waals surface area (Å²) >= 11 is 3.01. The first-order chi connectivity index (χ1) is 9.73. The number of aromatic carboxylic acids is 1. The predicted octanol–water partition coefficient (Wildman–Crippen LogP) is 1.70. The predicted molar refractivity (Wildman–Crippen MR) is 75.2 cm³/mol. The average molecular weight is 382 g/mol. The van der Waals surface area contributed by atoms with Gasteiger partial charge in [-0.3, -0.25) is 0 Å². The maximum atomic E-state index is 14.2. The van der Waals surface area contributed by atoms with Crippen molar-refractivity contribution >= 4 is 31.9 Å². The van der Waals surface area contributed by atoms with E-state index in [-0.39, 0.29) is 30.3 Å². The van der Waals surface area contributed by atoms with E-state index in [0.29, 0.717) is 0 Å². The van der Waals surface area contributed by atoms with Gasteiger partial charge in [-0.25, -0.2) is 17.6 Å². The number of sulfonamides is 1. The summed E-state index contributed by atoms with van der Waals surface area (Å²) in [6.07, 6.45) is -0.303. The Morgan fingerprint density at radius 2 is 2.19 bits per heavy atom. The topological polar surface area (TPSA) is 83.9 Å². The Kier molecular flexibility index (Phi) is 4.66. The van der Waals surface area contributed by atoms with E-state index in [1.165, 1.54) is 0 Å². The molecule has 6 nitrogen and oxygen atoms in total. The first-order valence-electron chi connectivity index (χ1n) is 6.07. The molecule has 116 valence electrons. The molecule has 2 rings (SSSR count). The second-order valence-corrected chi connectivity index (χ2v) is 7.44. The summed E-state index contributed by atoms with van der Waals surface area (Å²) in [5.41, 5.74) is -0.691. The molecule has 21 heavy (non-hydrogen) atoms. The van der Waals surface area contributed by atoms with Crippen molar-refractivity contribution in [1.82, 2.24) is 4.31 Å². The van der Waals surface area contributed by atoms with E-state index in [1.54, 1.807) is 6.92 Å². The standard InChI is InChI=1S/C12H13BrFNO5S/c1-7-6-15(2-3-20-7)21(18,19)10-5-8(13)4-9(11(10)14)12(16)17/h4-5,7H,2-3,6H2,1H3,(H,16,17). The van der Waals surface area contributed by atoms with Gasteiger partial charge in [0.1, 0.15) is 4.90 Å². The summed E-state index contributed by atoms with van der Waals surface area (Å²) in [6, 6.07) is 2.09. The van der Waals surface area contributed by atoms with Crippen LogP contribution in [0.3, 0.4) is 0 Å². The third-order valence-electron chi connectivity index (χ3n) is 3.06. The van der Waals surface area contributed by atoms with Crippen LogP contribution in [-0.2, 0) is 14.8 Å².